The first-order chi connectivity index (χ1) is 32.7. The number of carbonyl (C=O) groups is 3. The van der Waals surface area contributed by atoms with Crippen LogP contribution in [0.5, 0.6) is 0 Å². The smallest absolute Gasteiger partial charge is 0.311 e. The average Bonchev–Trinajstić information content (AvgIpc) is 3.35. The number of aromatic nitrogens is 1. The Morgan fingerprint density at radius 2 is 1.15 bits per heavy atom. The van der Waals surface area contributed by atoms with Gasteiger partial charge in [0.25, 0.3) is 0 Å². The summed E-state index contributed by atoms with van der Waals surface area (Å²) in [6.07, 6.45) is 16.1. The third-order valence-electron chi connectivity index (χ3n) is 13.2. The highest BCUT2D eigenvalue weighted by Gasteiger charge is 2.38. The molecule has 0 bridgehead atoms. The van der Waals surface area contributed by atoms with E-state index in [1.54, 1.807) is 24.2 Å². The lowest BCUT2D eigenvalue weighted by Gasteiger charge is -2.33. The first-order valence-corrected chi connectivity index (χ1v) is 26.3. The number of esters is 3. The van der Waals surface area contributed by atoms with Crippen LogP contribution in [0.25, 0.3) is 10.4 Å². The molecule has 0 amide bonds. The van der Waals surface area contributed by atoms with E-state index < -0.39 is 16.2 Å². The number of benzene rings is 2. The van der Waals surface area contributed by atoms with Gasteiger partial charge in [-0.2, -0.15) is 0 Å². The number of hydrogen-bond donors (Lipinski definition) is 0. The molecule has 3 rings (SSSR count). The summed E-state index contributed by atoms with van der Waals surface area (Å²) in [5.74, 6) is 0.254. The Labute approximate surface area is 417 Å². The lowest BCUT2D eigenvalue weighted by Crippen LogP contribution is -2.33. The maximum Gasteiger partial charge on any atom is 0.311 e. The van der Waals surface area contributed by atoms with Gasteiger partial charge < -0.3 is 18.9 Å². The second-order valence-corrected chi connectivity index (χ2v) is 21.4. The minimum Gasteiger partial charge on any atom is -0.465 e. The number of hydrogen-bond acceptors (Lipinski definition) is 11. The van der Waals surface area contributed by atoms with E-state index in [0.29, 0.717) is 71.3 Å². The zero-order chi connectivity index (χ0) is 49.6. The number of azide groups is 1. The number of pyridine rings is 1. The standard InChI is InChI=1S/C55H80N4O7S2/c1-7-39-64-49(60)53(4,29-15-10-16-30-55(6,35-34-52(2,3)47-25-13-9-14-26-47)51(62)66-43-42-63-40-21-36-58-59-56)31-17-18-32-54(5,33-20-44-68-48(67)46-23-11-8-12-24-46)50(61)65-41-19-22-45-27-37-57-38-28-45/h8-9,11-14,23-28,37-38H,7,10,15-22,29-36,39-44H2,1-6H3. The van der Waals surface area contributed by atoms with Crippen LogP contribution >= 0.6 is 24.0 Å². The molecule has 3 aromatic rings. The average molecular weight is 973 g/mol. The normalized spacial score (nSPS) is 14.1. The monoisotopic (exact) mass is 973 g/mol. The van der Waals surface area contributed by atoms with Gasteiger partial charge in [0.2, 0.25) is 0 Å². The molecule has 0 saturated heterocycles. The van der Waals surface area contributed by atoms with Crippen LogP contribution in [0.2, 0.25) is 0 Å². The zero-order valence-electron chi connectivity index (χ0n) is 42.0. The lowest BCUT2D eigenvalue weighted by molar-refractivity contribution is -0.158. The van der Waals surface area contributed by atoms with Crippen molar-refractivity contribution >= 4 is 46.1 Å². The minimum atomic E-state index is -0.698. The van der Waals surface area contributed by atoms with E-state index in [2.05, 4.69) is 53.1 Å². The van der Waals surface area contributed by atoms with Gasteiger partial charge in [0.15, 0.2) is 0 Å². The molecule has 1 aromatic heterocycles. The van der Waals surface area contributed by atoms with E-state index in [1.807, 2.05) is 76.2 Å². The Bertz CT molecular complexity index is 1970. The first kappa shape index (κ1) is 58.0. The summed E-state index contributed by atoms with van der Waals surface area (Å²) >= 11 is 7.35. The van der Waals surface area contributed by atoms with E-state index in [0.717, 1.165) is 79.7 Å². The van der Waals surface area contributed by atoms with Crippen molar-refractivity contribution in [2.45, 2.75) is 156 Å². The van der Waals surface area contributed by atoms with E-state index in [1.165, 1.54) is 11.1 Å². The molecule has 0 aliphatic carbocycles. The van der Waals surface area contributed by atoms with Crippen LogP contribution in [0, 0.1) is 16.2 Å². The van der Waals surface area contributed by atoms with Crippen LogP contribution in [0.3, 0.4) is 0 Å². The van der Waals surface area contributed by atoms with Gasteiger partial charge in [0, 0.05) is 30.5 Å². The Hall–Kier alpha value is -4.29. The van der Waals surface area contributed by atoms with Crippen molar-refractivity contribution in [1.29, 1.82) is 0 Å². The summed E-state index contributed by atoms with van der Waals surface area (Å²) in [5.41, 5.74) is 9.75. The largest absolute Gasteiger partial charge is 0.465 e. The fourth-order valence-electron chi connectivity index (χ4n) is 8.42. The van der Waals surface area contributed by atoms with Gasteiger partial charge in [-0.15, -0.1) is 11.8 Å². The Kier molecular flexibility index (Phi) is 27.1. The number of thiocarbonyl (C=S) groups is 1. The molecule has 3 atom stereocenters. The molecule has 0 N–H and O–H groups in total. The number of rotatable bonds is 36. The molecule has 0 saturated carbocycles. The van der Waals surface area contributed by atoms with Crippen molar-refractivity contribution in [1.82, 2.24) is 4.98 Å². The van der Waals surface area contributed by atoms with Crippen LogP contribution in [0.1, 0.15) is 161 Å². The summed E-state index contributed by atoms with van der Waals surface area (Å²) in [4.78, 5) is 48.2. The zero-order valence-corrected chi connectivity index (χ0v) is 43.6. The second-order valence-electron chi connectivity index (χ2n) is 19.6. The maximum atomic E-state index is 13.8. The highest BCUT2D eigenvalue weighted by atomic mass is 32.2. The molecule has 0 fully saturated rings. The molecule has 68 heavy (non-hydrogen) atoms. The summed E-state index contributed by atoms with van der Waals surface area (Å²) in [7, 11) is 0. The number of nitrogens with zero attached hydrogens (tertiary/aromatic N) is 4. The molecule has 0 spiro atoms. The van der Waals surface area contributed by atoms with Gasteiger partial charge in [0.05, 0.1) is 40.3 Å². The van der Waals surface area contributed by atoms with Gasteiger partial charge in [-0.05, 0) is 143 Å². The fourth-order valence-corrected chi connectivity index (χ4v) is 9.58. The highest BCUT2D eigenvalue weighted by Crippen LogP contribution is 2.40. The number of aryl methyl sites for hydroxylation is 1. The molecular weight excluding hydrogens is 893 g/mol. The van der Waals surface area contributed by atoms with Gasteiger partial charge in [0.1, 0.15) is 6.61 Å². The molecule has 11 nitrogen and oxygen atoms in total. The molecule has 1 heterocycles. The summed E-state index contributed by atoms with van der Waals surface area (Å²) in [5, 5.41) is 3.53. The molecule has 3 unspecified atom stereocenters. The van der Waals surface area contributed by atoms with Crippen LogP contribution in [-0.2, 0) is 45.2 Å². The molecule has 374 valence electrons. The van der Waals surface area contributed by atoms with Crippen molar-refractivity contribution in [3.05, 3.63) is 112 Å². The SMILES string of the molecule is CCCOC(=O)C(C)(CCCCCC(C)(CCC(C)(C)c1ccccc1)C(=O)OCCOCCCN=[N+]=[N-])CCCCC(C)(CCCSC(=S)c1ccccc1)C(=O)OCCCc1ccncc1. The number of ether oxygens (including phenoxy) is 4. The van der Waals surface area contributed by atoms with Crippen LogP contribution in [0.15, 0.2) is 90.3 Å². The van der Waals surface area contributed by atoms with Crippen LogP contribution in [0.4, 0.5) is 0 Å². The van der Waals surface area contributed by atoms with Crippen LogP contribution in [-0.4, -0.2) is 72.4 Å². The number of carbonyl (C=O) groups excluding carboxylic acids is 3. The summed E-state index contributed by atoms with van der Waals surface area (Å²) in [6.45, 7) is 14.5. The Morgan fingerprint density at radius 1 is 0.618 bits per heavy atom. The molecule has 0 aliphatic heterocycles. The summed E-state index contributed by atoms with van der Waals surface area (Å²) < 4.78 is 24.1. The molecule has 0 aliphatic rings. The third kappa shape index (κ3) is 21.6. The molecule has 0 radical (unpaired) electrons. The van der Waals surface area contributed by atoms with Crippen LogP contribution < -0.4 is 0 Å². The molecular formula is C55H80N4O7S2. The van der Waals surface area contributed by atoms with Crippen molar-refractivity contribution in [3.8, 4) is 0 Å². The minimum absolute atomic E-state index is 0.132. The summed E-state index contributed by atoms with van der Waals surface area (Å²) in [6, 6.07) is 24.4. The second kappa shape index (κ2) is 31.8. The predicted octanol–water partition coefficient (Wildman–Crippen LogP) is 13.9. The van der Waals surface area contributed by atoms with Gasteiger partial charge in [-0.25, -0.2) is 0 Å². The number of thioether (sulfide) groups is 1. The Balaban J connectivity index is 1.61. The first-order valence-electron chi connectivity index (χ1n) is 24.9. The molecule has 2 aromatic carbocycles. The van der Waals surface area contributed by atoms with Crippen molar-refractivity contribution < 1.29 is 33.3 Å². The third-order valence-corrected chi connectivity index (χ3v) is 14.8. The highest BCUT2D eigenvalue weighted by molar-refractivity contribution is 8.23. The van der Waals surface area contributed by atoms with Crippen molar-refractivity contribution in [2.24, 2.45) is 21.4 Å². The van der Waals surface area contributed by atoms with E-state index in [-0.39, 0.29) is 36.5 Å². The van der Waals surface area contributed by atoms with Gasteiger partial charge in [-0.1, -0.05) is 131 Å². The van der Waals surface area contributed by atoms with Crippen molar-refractivity contribution in [3.63, 3.8) is 0 Å². The number of unbranched alkanes of at least 4 members (excludes halogenated alkanes) is 3. The Morgan fingerprint density at radius 3 is 1.74 bits per heavy atom. The predicted molar refractivity (Wildman–Crippen MR) is 280 cm³/mol. The van der Waals surface area contributed by atoms with Gasteiger partial charge >= 0.3 is 17.9 Å². The lowest BCUT2D eigenvalue weighted by atomic mass is 9.72. The molecule has 13 heteroatoms. The quantitative estimate of drug-likeness (QED) is 0.0105. The van der Waals surface area contributed by atoms with E-state index >= 15 is 0 Å². The van der Waals surface area contributed by atoms with Gasteiger partial charge in [-0.3, -0.25) is 19.4 Å². The maximum absolute atomic E-state index is 13.8. The van der Waals surface area contributed by atoms with Crippen molar-refractivity contribution in [2.75, 3.05) is 45.3 Å². The topological polar surface area (TPSA) is 150 Å². The fraction of sp³-hybridized carbons (Fsp3) is 0.618. The van der Waals surface area contributed by atoms with E-state index in [9.17, 15) is 14.4 Å². The van der Waals surface area contributed by atoms with E-state index in [4.69, 9.17) is 36.7 Å².